The van der Waals surface area contributed by atoms with Gasteiger partial charge in [0.1, 0.15) is 0 Å². The van der Waals surface area contributed by atoms with E-state index in [1.807, 2.05) is 7.11 Å². The Morgan fingerprint density at radius 1 is 1.55 bits per heavy atom. The first-order valence-electron chi connectivity index (χ1n) is 7.47. The quantitative estimate of drug-likeness (QED) is 0.853. The van der Waals surface area contributed by atoms with E-state index in [9.17, 15) is 0 Å². The summed E-state index contributed by atoms with van der Waals surface area (Å²) in [5.74, 6) is 0. The summed E-state index contributed by atoms with van der Waals surface area (Å²) in [4.78, 5) is 5.79. The van der Waals surface area contributed by atoms with E-state index in [0.29, 0.717) is 6.04 Å². The Labute approximate surface area is 124 Å². The fraction of sp³-hybridized carbons (Fsp3) is 0.667. The number of nitrogens with zero attached hydrogens (tertiary/aromatic N) is 2. The van der Waals surface area contributed by atoms with Crippen molar-refractivity contribution in [2.24, 2.45) is 0 Å². The predicted molar refractivity (Wildman–Crippen MR) is 82.4 cm³/mol. The molecular weight excluding hydrogens is 270 g/mol. The topological polar surface area (TPSA) is 38.6 Å². The second kappa shape index (κ2) is 5.84. The van der Waals surface area contributed by atoms with Crippen LogP contribution in [0.4, 0.5) is 0 Å². The van der Waals surface area contributed by atoms with Gasteiger partial charge in [0.05, 0.1) is 11.3 Å². The van der Waals surface area contributed by atoms with Gasteiger partial charge in [-0.1, -0.05) is 6.92 Å². The Balaban J connectivity index is 1.76. The summed E-state index contributed by atoms with van der Waals surface area (Å²) in [6, 6.07) is 0.366. The molecular formula is C15H23N3OS. The lowest BCUT2D eigenvalue weighted by molar-refractivity contribution is -0.0982. The highest BCUT2D eigenvalue weighted by Gasteiger charge is 2.44. The zero-order valence-electron chi connectivity index (χ0n) is 12.3. The second-order valence-corrected chi connectivity index (χ2v) is 6.53. The van der Waals surface area contributed by atoms with E-state index in [-0.39, 0.29) is 5.60 Å². The molecule has 0 bridgehead atoms. The first-order chi connectivity index (χ1) is 9.77. The molecule has 2 aromatic heterocycles. The van der Waals surface area contributed by atoms with Gasteiger partial charge in [0, 0.05) is 37.3 Å². The van der Waals surface area contributed by atoms with E-state index in [0.717, 1.165) is 42.9 Å². The Kier molecular flexibility index (Phi) is 4.10. The van der Waals surface area contributed by atoms with Gasteiger partial charge in [-0.25, -0.2) is 4.98 Å². The molecule has 0 aromatic carbocycles. The van der Waals surface area contributed by atoms with Gasteiger partial charge in [-0.05, 0) is 32.2 Å². The van der Waals surface area contributed by atoms with Crippen LogP contribution in [0.15, 0.2) is 17.8 Å². The standard InChI is InChI=1S/C15H23N3OS/c1-3-7-16-13(15(19-2)5-4-6-15)10-12-11-18-8-9-20-14(18)17-12/h8-9,11,13,16H,3-7,10H2,1-2H3. The average molecular weight is 293 g/mol. The summed E-state index contributed by atoms with van der Waals surface area (Å²) in [6.07, 6.45) is 9.91. The van der Waals surface area contributed by atoms with Crippen molar-refractivity contribution in [1.29, 1.82) is 0 Å². The minimum Gasteiger partial charge on any atom is -0.377 e. The number of aromatic nitrogens is 2. The van der Waals surface area contributed by atoms with Gasteiger partial charge in [0.15, 0.2) is 4.96 Å². The van der Waals surface area contributed by atoms with E-state index in [4.69, 9.17) is 9.72 Å². The van der Waals surface area contributed by atoms with Crippen LogP contribution in [0.25, 0.3) is 4.96 Å². The molecule has 2 heterocycles. The lowest BCUT2D eigenvalue weighted by atomic mass is 9.73. The summed E-state index contributed by atoms with van der Waals surface area (Å²) < 4.78 is 7.97. The number of imidazole rings is 1. The summed E-state index contributed by atoms with van der Waals surface area (Å²) in [7, 11) is 1.85. The molecule has 3 rings (SSSR count). The van der Waals surface area contributed by atoms with Crippen molar-refractivity contribution in [3.05, 3.63) is 23.5 Å². The number of ether oxygens (including phenoxy) is 1. The molecule has 4 nitrogen and oxygen atoms in total. The molecule has 1 aliphatic rings. The maximum Gasteiger partial charge on any atom is 0.193 e. The fourth-order valence-corrected chi connectivity index (χ4v) is 3.79. The number of rotatable bonds is 7. The van der Waals surface area contributed by atoms with Crippen molar-refractivity contribution in [3.8, 4) is 0 Å². The van der Waals surface area contributed by atoms with E-state index in [1.54, 1.807) is 11.3 Å². The van der Waals surface area contributed by atoms with Crippen LogP contribution in [0.2, 0.25) is 0 Å². The monoisotopic (exact) mass is 293 g/mol. The molecule has 20 heavy (non-hydrogen) atoms. The van der Waals surface area contributed by atoms with Crippen molar-refractivity contribution in [3.63, 3.8) is 0 Å². The predicted octanol–water partition coefficient (Wildman–Crippen LogP) is 2.88. The van der Waals surface area contributed by atoms with E-state index >= 15 is 0 Å². The van der Waals surface area contributed by atoms with E-state index in [2.05, 4.69) is 34.4 Å². The molecule has 1 N–H and O–H groups in total. The first-order valence-corrected chi connectivity index (χ1v) is 8.35. The number of methoxy groups -OCH3 is 1. The molecule has 1 atom stereocenters. The van der Waals surface area contributed by atoms with Crippen LogP contribution in [0.3, 0.4) is 0 Å². The molecule has 5 heteroatoms. The maximum absolute atomic E-state index is 5.87. The lowest BCUT2D eigenvalue weighted by Crippen LogP contribution is -2.57. The van der Waals surface area contributed by atoms with Crippen molar-refractivity contribution in [2.75, 3.05) is 13.7 Å². The molecule has 0 saturated heterocycles. The van der Waals surface area contributed by atoms with Gasteiger partial charge in [-0.2, -0.15) is 0 Å². The number of thiazole rings is 1. The minimum atomic E-state index is 0.0201. The molecule has 0 amide bonds. The smallest absolute Gasteiger partial charge is 0.193 e. The summed E-state index contributed by atoms with van der Waals surface area (Å²) in [5.41, 5.74) is 1.18. The fourth-order valence-electron chi connectivity index (χ4n) is 3.07. The largest absolute Gasteiger partial charge is 0.377 e. The van der Waals surface area contributed by atoms with E-state index in [1.165, 1.54) is 6.42 Å². The molecule has 0 radical (unpaired) electrons. The zero-order valence-corrected chi connectivity index (χ0v) is 13.1. The van der Waals surface area contributed by atoms with Crippen molar-refractivity contribution in [2.45, 2.75) is 50.7 Å². The third-order valence-electron chi connectivity index (χ3n) is 4.44. The lowest BCUT2D eigenvalue weighted by Gasteiger charge is -2.46. The van der Waals surface area contributed by atoms with Crippen LogP contribution >= 0.6 is 11.3 Å². The highest BCUT2D eigenvalue weighted by atomic mass is 32.1. The molecule has 1 aliphatic carbocycles. The third-order valence-corrected chi connectivity index (χ3v) is 5.21. The molecule has 0 spiro atoms. The summed E-state index contributed by atoms with van der Waals surface area (Å²) in [6.45, 7) is 3.24. The van der Waals surface area contributed by atoms with Crippen LogP contribution in [0.1, 0.15) is 38.3 Å². The number of hydrogen-bond donors (Lipinski definition) is 1. The van der Waals surface area contributed by atoms with Gasteiger partial charge in [0.2, 0.25) is 0 Å². The second-order valence-electron chi connectivity index (χ2n) is 5.66. The Bertz CT molecular complexity index is 524. The van der Waals surface area contributed by atoms with Gasteiger partial charge in [-0.3, -0.25) is 4.40 Å². The van der Waals surface area contributed by atoms with Crippen LogP contribution in [0.5, 0.6) is 0 Å². The number of nitrogens with one attached hydrogen (secondary N) is 1. The van der Waals surface area contributed by atoms with Crippen LogP contribution in [-0.4, -0.2) is 34.7 Å². The Morgan fingerprint density at radius 3 is 3.00 bits per heavy atom. The first kappa shape index (κ1) is 14.0. The van der Waals surface area contributed by atoms with Crippen LogP contribution in [0, 0.1) is 0 Å². The van der Waals surface area contributed by atoms with Crippen molar-refractivity contribution in [1.82, 2.24) is 14.7 Å². The SMILES string of the molecule is CCCNC(Cc1cn2ccsc2n1)C1(OC)CCC1. The van der Waals surface area contributed by atoms with Gasteiger partial charge in [-0.15, -0.1) is 11.3 Å². The number of hydrogen-bond acceptors (Lipinski definition) is 4. The van der Waals surface area contributed by atoms with Crippen molar-refractivity contribution >= 4 is 16.3 Å². The molecule has 1 unspecified atom stereocenters. The molecule has 1 fully saturated rings. The Morgan fingerprint density at radius 2 is 2.40 bits per heavy atom. The highest BCUT2D eigenvalue weighted by molar-refractivity contribution is 7.15. The molecule has 110 valence electrons. The van der Waals surface area contributed by atoms with Gasteiger partial charge in [0.25, 0.3) is 0 Å². The zero-order chi connectivity index (χ0) is 14.0. The van der Waals surface area contributed by atoms with Crippen LogP contribution in [-0.2, 0) is 11.2 Å². The van der Waals surface area contributed by atoms with E-state index < -0.39 is 0 Å². The normalized spacial score (nSPS) is 19.1. The summed E-state index contributed by atoms with van der Waals surface area (Å²) >= 11 is 1.69. The minimum absolute atomic E-state index is 0.0201. The third kappa shape index (κ3) is 2.50. The highest BCUT2D eigenvalue weighted by Crippen LogP contribution is 2.39. The molecule has 0 aliphatic heterocycles. The average Bonchev–Trinajstić information content (AvgIpc) is 2.95. The summed E-state index contributed by atoms with van der Waals surface area (Å²) in [5, 5.41) is 5.75. The maximum atomic E-state index is 5.87. The molecule has 1 saturated carbocycles. The molecule has 2 aromatic rings. The Hall–Kier alpha value is -0.910. The van der Waals surface area contributed by atoms with Crippen LogP contribution < -0.4 is 5.32 Å². The van der Waals surface area contributed by atoms with Crippen molar-refractivity contribution < 1.29 is 4.74 Å². The van der Waals surface area contributed by atoms with Gasteiger partial charge >= 0.3 is 0 Å². The number of fused-ring (bicyclic) bond motifs is 1. The van der Waals surface area contributed by atoms with Gasteiger partial charge < -0.3 is 10.1 Å².